The molecule has 0 aliphatic heterocycles. The van der Waals surface area contributed by atoms with Gasteiger partial charge in [0.05, 0.1) is 41.2 Å². The number of halogens is 5. The number of aryl methyl sites for hydroxylation is 1. The molecule has 17 nitrogen and oxygen atoms in total. The molecule has 6 aromatic heterocycles. The normalized spacial score (nSPS) is 13.6. The Bertz CT molecular complexity index is 3310. The van der Waals surface area contributed by atoms with E-state index in [1.54, 1.807) is 39.1 Å². The van der Waals surface area contributed by atoms with Crippen molar-refractivity contribution < 1.29 is 42.8 Å². The molecule has 0 aliphatic carbocycles. The maximum atomic E-state index is 14.7. The summed E-state index contributed by atoms with van der Waals surface area (Å²) in [6.07, 6.45) is 6.55. The number of anilines is 2. The van der Waals surface area contributed by atoms with Crippen LogP contribution in [0.5, 0.6) is 0 Å². The highest BCUT2D eigenvalue weighted by atomic mass is 35.7. The molecule has 7 aromatic rings. The molecule has 1 aromatic carbocycles. The van der Waals surface area contributed by atoms with Gasteiger partial charge in [-0.15, -0.1) is 0 Å². The molecule has 7 rings (SSSR count). The lowest BCUT2D eigenvalue weighted by Gasteiger charge is -2.31. The summed E-state index contributed by atoms with van der Waals surface area (Å²) < 4.78 is 135. The second-order valence-corrected chi connectivity index (χ2v) is 24.1. The van der Waals surface area contributed by atoms with Crippen LogP contribution in [0.1, 0.15) is 47.1 Å². The molecule has 4 N–H and O–H groups in total. The third-order valence-corrected chi connectivity index (χ3v) is 14.6. The number of aromatic nitrogens is 8. The number of aromatic amines is 1. The smallest absolute Gasteiger partial charge is 0.269 e. The summed E-state index contributed by atoms with van der Waals surface area (Å²) in [5.41, 5.74) is 0.549. The van der Waals surface area contributed by atoms with E-state index in [4.69, 9.17) is 10.7 Å². The zero-order valence-corrected chi connectivity index (χ0v) is 40.4. The summed E-state index contributed by atoms with van der Waals surface area (Å²) in [5.74, 6) is -4.10. The molecule has 0 saturated carbocycles. The monoisotopic (exact) mass is 1010 g/mol. The first-order valence-corrected chi connectivity index (χ1v) is 25.7. The highest BCUT2D eigenvalue weighted by Gasteiger charge is 2.32. The summed E-state index contributed by atoms with van der Waals surface area (Å²) in [7, 11) is -4.89. The Labute approximate surface area is 388 Å². The summed E-state index contributed by atoms with van der Waals surface area (Å²) in [4.78, 5) is 27.2. The lowest BCUT2D eigenvalue weighted by atomic mass is 9.88. The van der Waals surface area contributed by atoms with E-state index in [2.05, 4.69) is 50.2 Å². The van der Waals surface area contributed by atoms with Crippen molar-refractivity contribution >= 4 is 73.5 Å². The minimum absolute atomic E-state index is 0.0182. The van der Waals surface area contributed by atoms with E-state index in [1.165, 1.54) is 31.4 Å². The first-order chi connectivity index (χ1) is 31.1. The number of H-pyrrole nitrogens is 1. The highest BCUT2D eigenvalue weighted by molar-refractivity contribution is 8.13. The Balaban J connectivity index is 0.000000229. The highest BCUT2D eigenvalue weighted by Crippen LogP contribution is 2.34. The topological polar surface area (TPSA) is 237 Å². The Morgan fingerprint density at radius 2 is 1.21 bits per heavy atom. The summed E-state index contributed by atoms with van der Waals surface area (Å²) >= 11 is 0. The van der Waals surface area contributed by atoms with Crippen LogP contribution in [0.4, 0.5) is 29.2 Å². The van der Waals surface area contributed by atoms with E-state index in [9.17, 15) is 42.8 Å². The van der Waals surface area contributed by atoms with Crippen LogP contribution in [0.25, 0.3) is 44.8 Å². The largest absolute Gasteiger partial charge is 0.363 e. The van der Waals surface area contributed by atoms with Gasteiger partial charge in [-0.05, 0) is 49.1 Å². The van der Waals surface area contributed by atoms with Gasteiger partial charge in [0.1, 0.15) is 17.3 Å². The third-order valence-electron chi connectivity index (χ3n) is 10.4. The lowest BCUT2D eigenvalue weighted by Crippen LogP contribution is -2.43. The second kappa shape index (κ2) is 19.1. The minimum Gasteiger partial charge on any atom is -0.363 e. The Morgan fingerprint density at radius 1 is 0.701 bits per heavy atom. The van der Waals surface area contributed by atoms with Crippen molar-refractivity contribution in [3.63, 3.8) is 0 Å². The van der Waals surface area contributed by atoms with Gasteiger partial charge < -0.3 is 15.6 Å². The van der Waals surface area contributed by atoms with Crippen molar-refractivity contribution in [2.75, 3.05) is 29.2 Å². The van der Waals surface area contributed by atoms with Crippen LogP contribution in [0, 0.1) is 41.0 Å². The molecule has 0 fully saturated rings. The van der Waals surface area contributed by atoms with E-state index >= 15 is 0 Å². The molecule has 2 atom stereocenters. The number of rotatable bonds is 13. The van der Waals surface area contributed by atoms with Crippen LogP contribution in [-0.2, 0) is 29.1 Å². The third kappa shape index (κ3) is 12.0. The fourth-order valence-electron chi connectivity index (χ4n) is 6.45. The van der Waals surface area contributed by atoms with E-state index in [-0.39, 0.29) is 50.5 Å². The van der Waals surface area contributed by atoms with Crippen molar-refractivity contribution in [3.8, 4) is 22.8 Å². The number of pyridine rings is 2. The molecule has 0 unspecified atom stereocenters. The molecule has 358 valence electrons. The molecule has 25 heteroatoms. The van der Waals surface area contributed by atoms with Gasteiger partial charge in [-0.1, -0.05) is 59.2 Å². The van der Waals surface area contributed by atoms with Gasteiger partial charge in [-0.25, -0.2) is 81.4 Å². The first kappa shape index (κ1) is 50.6. The molecule has 0 aliphatic rings. The van der Waals surface area contributed by atoms with Crippen LogP contribution in [0.3, 0.4) is 0 Å². The predicted octanol–water partition coefficient (Wildman–Crippen LogP) is 7.39. The van der Waals surface area contributed by atoms with Crippen molar-refractivity contribution in [1.82, 2.24) is 43.6 Å². The minimum atomic E-state index is -4.15. The lowest BCUT2D eigenvalue weighted by molar-refractivity contribution is 0.357. The van der Waals surface area contributed by atoms with E-state index in [0.29, 0.717) is 16.6 Å². The fourth-order valence-corrected chi connectivity index (χ4v) is 10.3. The van der Waals surface area contributed by atoms with Crippen molar-refractivity contribution in [2.24, 2.45) is 10.8 Å². The van der Waals surface area contributed by atoms with Crippen LogP contribution in [-0.4, -0.2) is 94.8 Å². The zero-order valence-electron chi connectivity index (χ0n) is 37.2. The Morgan fingerprint density at radius 3 is 1.73 bits per heavy atom. The van der Waals surface area contributed by atoms with Crippen LogP contribution in [0.2, 0.25) is 0 Å². The molecule has 6 heterocycles. The van der Waals surface area contributed by atoms with Gasteiger partial charge in [0.25, 0.3) is 10.0 Å². The van der Waals surface area contributed by atoms with Crippen LogP contribution in [0.15, 0.2) is 78.5 Å². The number of benzene rings is 1. The van der Waals surface area contributed by atoms with Crippen LogP contribution < -0.4 is 15.4 Å². The molecule has 0 saturated heterocycles. The summed E-state index contributed by atoms with van der Waals surface area (Å²) in [5, 5.41) is 6.20. The molecule has 67 heavy (non-hydrogen) atoms. The number of nitrogens with one attached hydrogen (secondary N) is 4. The fraction of sp³-hybridized carbons (Fsp3) is 0.333. The maximum Gasteiger partial charge on any atom is 0.269 e. The average molecular weight is 1010 g/mol. The average Bonchev–Trinajstić information content (AvgIpc) is 3.83. The summed E-state index contributed by atoms with van der Waals surface area (Å²) in [6.45, 7) is 12.5. The predicted molar refractivity (Wildman–Crippen MR) is 248 cm³/mol. The number of hydrogen-bond acceptors (Lipinski definition) is 14. The number of fused-ring (bicyclic) bond motifs is 2. The number of hydrogen-bond donors (Lipinski definition) is 4. The van der Waals surface area contributed by atoms with Gasteiger partial charge in [0, 0.05) is 57.1 Å². The molecule has 0 spiro atoms. The van der Waals surface area contributed by atoms with E-state index < -0.39 is 81.0 Å². The molecule has 0 bridgehead atoms. The van der Waals surface area contributed by atoms with E-state index in [0.717, 1.165) is 40.4 Å². The van der Waals surface area contributed by atoms with Gasteiger partial charge in [0.2, 0.25) is 19.1 Å². The first-order valence-electron chi connectivity index (χ1n) is 20.1. The maximum absolute atomic E-state index is 14.7. The van der Waals surface area contributed by atoms with Gasteiger partial charge in [-0.2, -0.15) is 0 Å². The Kier molecular flexibility index (Phi) is 14.4. The van der Waals surface area contributed by atoms with E-state index in [1.807, 2.05) is 27.7 Å². The number of nitrogens with zero attached hydrogens (tertiary/aromatic N) is 7. The van der Waals surface area contributed by atoms with Gasteiger partial charge in [0.15, 0.2) is 40.6 Å². The molecule has 0 radical (unpaired) electrons. The Hall–Kier alpha value is -5.82. The summed E-state index contributed by atoms with van der Waals surface area (Å²) in [6, 6.07) is 7.04. The molecular formula is C42H46ClF4N11O6S3. The molecular weight excluding hydrogens is 962 g/mol. The second-order valence-electron chi connectivity index (χ2n) is 17.5. The number of sulfonamides is 1. The van der Waals surface area contributed by atoms with Crippen molar-refractivity contribution in [1.29, 1.82) is 0 Å². The molecule has 0 amide bonds. The van der Waals surface area contributed by atoms with Crippen LogP contribution >= 0.6 is 10.7 Å². The quantitative estimate of drug-likeness (QED) is 0.0652. The SMILES string of the molecule is CNS(=O)(=O)C[C@@H](Nc1nc(-c2c[nH]c3ncc(F)cc23)ncc1F)C(C)(C)C.Cc1ccc(S(=O)(=O)n2cc(-c3ncc(F)c(N[C@H](CS(=O)(=O)Cl)C(C)(C)C)n3)c3cc(F)cnc32)cc1. The van der Waals surface area contributed by atoms with Gasteiger partial charge >= 0.3 is 0 Å². The van der Waals surface area contributed by atoms with Crippen molar-refractivity contribution in [2.45, 2.75) is 65.4 Å². The standard InChI is InChI=1S/C24H24ClF2N5O4S2.C18H22F2N6O2S/c1-14-5-7-16(8-6-14)38(35,36)32-12-18(17-9-15(26)10-29-23(17)32)21-28-11-19(27)22(31-21)30-20(24(2,3)4)13-37(25,33)34;1-18(2,3)14(9-29(27,28)21-4)25-17-13(20)8-24-16(26-17)12-7-23-15-11(12)5-10(19)6-22-15/h5-12,20H,13H2,1-4H3,(H,28,30,31);5-8,14,21H,9H2,1-4H3,(H,22,23)(H,24,25,26)/t20-;14-/m11/s1. The van der Waals surface area contributed by atoms with Crippen molar-refractivity contribution in [3.05, 3.63) is 102 Å². The van der Waals surface area contributed by atoms with Gasteiger partial charge in [-0.3, -0.25) is 0 Å². The zero-order chi connectivity index (χ0) is 49.4.